The van der Waals surface area contributed by atoms with E-state index in [-0.39, 0.29) is 30.8 Å². The Morgan fingerprint density at radius 3 is 2.50 bits per heavy atom. The fourth-order valence-corrected chi connectivity index (χ4v) is 5.58. The molecular weight excluding hydrogens is 552 g/mol. The highest BCUT2D eigenvalue weighted by Gasteiger charge is 2.34. The van der Waals surface area contributed by atoms with Crippen molar-refractivity contribution in [2.24, 2.45) is 5.92 Å². The van der Waals surface area contributed by atoms with Crippen LogP contribution in [0, 0.1) is 5.92 Å². The van der Waals surface area contributed by atoms with E-state index in [1.165, 1.54) is 18.4 Å². The number of nitrogens with zero attached hydrogens (tertiary/aromatic N) is 5. The molecule has 3 aromatic carbocycles. The molecule has 1 unspecified atom stereocenters. The molecule has 216 valence electrons. The van der Waals surface area contributed by atoms with Crippen LogP contribution in [-0.4, -0.2) is 57.0 Å². The largest absolute Gasteiger partial charge is 0.497 e. The van der Waals surface area contributed by atoms with E-state index < -0.39 is 6.04 Å². The Bertz CT molecular complexity index is 1680. The van der Waals surface area contributed by atoms with Crippen molar-refractivity contribution in [1.82, 2.24) is 24.9 Å². The minimum absolute atomic E-state index is 0.0835. The number of anilines is 1. The summed E-state index contributed by atoms with van der Waals surface area (Å²) in [5, 5.41) is 14.0. The molecule has 0 aliphatic heterocycles. The predicted molar refractivity (Wildman–Crippen MR) is 162 cm³/mol. The molecule has 0 saturated carbocycles. The third-order valence-corrected chi connectivity index (χ3v) is 7.69. The lowest BCUT2D eigenvalue weighted by Gasteiger charge is -2.33. The van der Waals surface area contributed by atoms with Gasteiger partial charge >= 0.3 is 0 Å². The van der Waals surface area contributed by atoms with E-state index in [2.05, 4.69) is 15.6 Å². The molecule has 1 N–H and O–H groups in total. The molecular formula is C31H32N6O4S. The molecule has 10 nitrogen and oxygen atoms in total. The number of para-hydroxylation sites is 1. The van der Waals surface area contributed by atoms with Crippen molar-refractivity contribution >= 4 is 39.9 Å². The van der Waals surface area contributed by atoms with Crippen molar-refractivity contribution in [3.05, 3.63) is 83.2 Å². The van der Waals surface area contributed by atoms with Gasteiger partial charge in [0.05, 0.1) is 37.7 Å². The molecule has 0 bridgehead atoms. The third kappa shape index (κ3) is 6.26. The molecule has 0 aliphatic rings. The number of methoxy groups -OCH3 is 2. The van der Waals surface area contributed by atoms with Crippen molar-refractivity contribution in [3.63, 3.8) is 0 Å². The van der Waals surface area contributed by atoms with Crippen molar-refractivity contribution in [3.8, 4) is 22.8 Å². The topological polar surface area (TPSA) is 111 Å². The van der Waals surface area contributed by atoms with Crippen LogP contribution in [0.25, 0.3) is 22.3 Å². The molecule has 2 aromatic heterocycles. The van der Waals surface area contributed by atoms with Crippen LogP contribution in [0.15, 0.2) is 78.2 Å². The van der Waals surface area contributed by atoms with Crippen LogP contribution in [0.1, 0.15) is 18.9 Å². The number of amides is 2. The number of nitrogens with one attached hydrogen (secondary N) is 1. The van der Waals surface area contributed by atoms with Gasteiger partial charge in [0.25, 0.3) is 0 Å². The first-order valence-corrected chi connectivity index (χ1v) is 14.4. The van der Waals surface area contributed by atoms with Gasteiger partial charge in [-0.2, -0.15) is 0 Å². The molecule has 0 aliphatic carbocycles. The van der Waals surface area contributed by atoms with Crippen LogP contribution < -0.4 is 14.8 Å². The van der Waals surface area contributed by atoms with Crippen LogP contribution in [0.3, 0.4) is 0 Å². The van der Waals surface area contributed by atoms with Crippen LogP contribution in [-0.2, 0) is 22.7 Å². The molecule has 5 aromatic rings. The Kier molecular flexibility index (Phi) is 8.77. The number of rotatable bonds is 11. The van der Waals surface area contributed by atoms with E-state index in [4.69, 9.17) is 14.5 Å². The fraction of sp³-hybridized carbons (Fsp3) is 0.258. The number of thiazole rings is 1. The lowest BCUT2D eigenvalue weighted by Crippen LogP contribution is -2.50. The lowest BCUT2D eigenvalue weighted by molar-refractivity contribution is -0.141. The summed E-state index contributed by atoms with van der Waals surface area (Å²) in [5.74, 6) is 0.201. The van der Waals surface area contributed by atoms with E-state index in [0.717, 1.165) is 16.8 Å². The molecule has 5 rings (SSSR count). The van der Waals surface area contributed by atoms with Gasteiger partial charge in [-0.1, -0.05) is 61.5 Å². The number of hydrogen-bond donors (Lipinski definition) is 1. The molecule has 42 heavy (non-hydrogen) atoms. The number of hydrogen-bond acceptors (Lipinski definition) is 8. The van der Waals surface area contributed by atoms with Crippen LogP contribution in [0.2, 0.25) is 0 Å². The second-order valence-electron chi connectivity index (χ2n) is 9.99. The van der Waals surface area contributed by atoms with E-state index in [1.54, 1.807) is 34.9 Å². The highest BCUT2D eigenvalue weighted by atomic mass is 32.1. The van der Waals surface area contributed by atoms with Gasteiger partial charge in [0.2, 0.25) is 11.8 Å². The summed E-state index contributed by atoms with van der Waals surface area (Å²) in [6.45, 7) is 3.90. The maximum Gasteiger partial charge on any atom is 0.247 e. The van der Waals surface area contributed by atoms with E-state index in [1.807, 2.05) is 73.8 Å². The number of carbonyl (C=O) groups excluding carboxylic acids is 2. The van der Waals surface area contributed by atoms with Crippen LogP contribution in [0.4, 0.5) is 5.69 Å². The first kappa shape index (κ1) is 28.7. The number of fused-ring (bicyclic) bond motifs is 1. The van der Waals surface area contributed by atoms with E-state index in [0.29, 0.717) is 27.7 Å². The highest BCUT2D eigenvalue weighted by molar-refractivity contribution is 7.09. The first-order valence-electron chi connectivity index (χ1n) is 13.5. The smallest absolute Gasteiger partial charge is 0.247 e. The van der Waals surface area contributed by atoms with Gasteiger partial charge in [0.1, 0.15) is 34.6 Å². The monoisotopic (exact) mass is 584 g/mol. The summed E-state index contributed by atoms with van der Waals surface area (Å²) in [4.78, 5) is 34.3. The molecule has 11 heteroatoms. The summed E-state index contributed by atoms with van der Waals surface area (Å²) in [6.07, 6.45) is 0. The molecule has 2 amide bonds. The van der Waals surface area contributed by atoms with Crippen molar-refractivity contribution in [2.75, 3.05) is 19.5 Å². The zero-order chi connectivity index (χ0) is 29.6. The summed E-state index contributed by atoms with van der Waals surface area (Å²) in [7, 11) is 3.08. The summed E-state index contributed by atoms with van der Waals surface area (Å²) in [5.41, 5.74) is 3.70. The van der Waals surface area contributed by atoms with Crippen molar-refractivity contribution in [1.29, 1.82) is 0 Å². The van der Waals surface area contributed by atoms with Crippen molar-refractivity contribution in [2.45, 2.75) is 33.0 Å². The van der Waals surface area contributed by atoms with Crippen LogP contribution in [0.5, 0.6) is 11.5 Å². The maximum atomic E-state index is 14.0. The predicted octanol–water partition coefficient (Wildman–Crippen LogP) is 5.26. The van der Waals surface area contributed by atoms with Gasteiger partial charge in [0, 0.05) is 17.0 Å². The molecule has 0 saturated heterocycles. The average molecular weight is 585 g/mol. The summed E-state index contributed by atoms with van der Waals surface area (Å²) in [6, 6.07) is 21.6. The molecule has 0 fully saturated rings. The number of ether oxygens (including phenoxy) is 2. The van der Waals surface area contributed by atoms with E-state index >= 15 is 0 Å². The zero-order valence-electron chi connectivity index (χ0n) is 23.9. The Hall–Kier alpha value is -4.77. The SMILES string of the molecule is COc1ccc(NC(=O)C(C(C)C)N(Cc2nc(-c3ccccc3)cs2)C(=O)Cn2nnc3ccccc32)c(OC)c1. The highest BCUT2D eigenvalue weighted by Crippen LogP contribution is 2.30. The standard InChI is InChI=1S/C31H32N6O4S/c1-20(2)30(31(39)33-24-15-14-22(40-3)16-27(24)41-4)36(17-28-32-25(19-42-28)21-10-6-5-7-11-21)29(38)18-37-26-13-9-8-12-23(26)34-35-37/h5-16,19-20,30H,17-18H2,1-4H3,(H,33,39). The molecule has 1 atom stereocenters. The van der Waals surface area contributed by atoms with Gasteiger partial charge in [-0.3, -0.25) is 9.59 Å². The van der Waals surface area contributed by atoms with Crippen molar-refractivity contribution < 1.29 is 19.1 Å². The normalized spacial score (nSPS) is 11.8. The minimum Gasteiger partial charge on any atom is -0.497 e. The van der Waals surface area contributed by atoms with Gasteiger partial charge < -0.3 is 19.7 Å². The summed E-state index contributed by atoms with van der Waals surface area (Å²) < 4.78 is 12.3. The van der Waals surface area contributed by atoms with Gasteiger partial charge in [-0.15, -0.1) is 16.4 Å². The minimum atomic E-state index is -0.817. The quantitative estimate of drug-likeness (QED) is 0.225. The Morgan fingerprint density at radius 1 is 1.00 bits per heavy atom. The first-order chi connectivity index (χ1) is 20.4. The molecule has 2 heterocycles. The summed E-state index contributed by atoms with van der Waals surface area (Å²) >= 11 is 1.45. The number of aromatic nitrogens is 4. The lowest BCUT2D eigenvalue weighted by atomic mass is 10.0. The average Bonchev–Trinajstić information content (AvgIpc) is 3.64. The van der Waals surface area contributed by atoms with Gasteiger partial charge in [-0.25, -0.2) is 9.67 Å². The second kappa shape index (κ2) is 12.8. The molecule has 0 spiro atoms. The third-order valence-electron chi connectivity index (χ3n) is 6.85. The second-order valence-corrected chi connectivity index (χ2v) is 10.9. The number of carbonyl (C=O) groups is 2. The Morgan fingerprint density at radius 2 is 1.76 bits per heavy atom. The fourth-order valence-electron chi connectivity index (χ4n) is 4.78. The Balaban J connectivity index is 1.47. The zero-order valence-corrected chi connectivity index (χ0v) is 24.7. The maximum absolute atomic E-state index is 14.0. The number of benzene rings is 3. The van der Waals surface area contributed by atoms with E-state index in [9.17, 15) is 9.59 Å². The Labute approximate surface area is 247 Å². The molecule has 0 radical (unpaired) electrons. The van der Waals surface area contributed by atoms with Gasteiger partial charge in [-0.05, 0) is 30.2 Å². The van der Waals surface area contributed by atoms with Crippen LogP contribution >= 0.6 is 11.3 Å². The van der Waals surface area contributed by atoms with Gasteiger partial charge in [0.15, 0.2) is 0 Å².